The van der Waals surface area contributed by atoms with E-state index in [0.717, 1.165) is 26.2 Å². The molecule has 1 aliphatic rings. The quantitative estimate of drug-likeness (QED) is 0.312. The van der Waals surface area contributed by atoms with Crippen LogP contribution < -0.4 is 15.8 Å². The maximum atomic E-state index is 15.1. The molecule has 5 heterocycles. The molecule has 1 saturated heterocycles. The monoisotopic (exact) mass is 538 g/mol. The molecule has 0 bridgehead atoms. The lowest BCUT2D eigenvalue weighted by molar-refractivity contribution is 0.311. The molecular formula is C28H27FN10O. The molecule has 1 fully saturated rings. The summed E-state index contributed by atoms with van der Waals surface area (Å²) < 4.78 is 18.2. The van der Waals surface area contributed by atoms with Crippen LogP contribution in [0, 0.1) is 5.82 Å². The molecular weight excluding hydrogens is 511 g/mol. The van der Waals surface area contributed by atoms with Crippen LogP contribution in [0.5, 0.6) is 0 Å². The molecule has 1 aliphatic heterocycles. The zero-order valence-electron chi connectivity index (χ0n) is 21.9. The predicted octanol–water partition coefficient (Wildman–Crippen LogP) is 3.25. The van der Waals surface area contributed by atoms with Gasteiger partial charge in [0, 0.05) is 44.3 Å². The van der Waals surface area contributed by atoms with Crippen molar-refractivity contribution in [3.8, 4) is 17.2 Å². The van der Waals surface area contributed by atoms with Crippen molar-refractivity contribution in [3.05, 3.63) is 89.8 Å². The van der Waals surface area contributed by atoms with Crippen LogP contribution >= 0.6 is 0 Å². The van der Waals surface area contributed by atoms with Crippen LogP contribution in [0.4, 0.5) is 21.7 Å². The summed E-state index contributed by atoms with van der Waals surface area (Å²) in [6.07, 6.45) is 4.68. The first kappa shape index (κ1) is 25.3. The highest BCUT2D eigenvalue weighted by Gasteiger charge is 2.20. The van der Waals surface area contributed by atoms with E-state index in [0.29, 0.717) is 39.6 Å². The number of hydrogen-bond donors (Lipinski definition) is 1. The zero-order valence-corrected chi connectivity index (χ0v) is 21.9. The first-order chi connectivity index (χ1) is 19.5. The van der Waals surface area contributed by atoms with Crippen LogP contribution in [0.1, 0.15) is 0 Å². The second-order valence-corrected chi connectivity index (χ2v) is 9.49. The highest BCUT2D eigenvalue weighted by molar-refractivity contribution is 5.77. The van der Waals surface area contributed by atoms with Gasteiger partial charge in [0.2, 0.25) is 5.95 Å². The third-order valence-electron chi connectivity index (χ3n) is 6.81. The zero-order chi connectivity index (χ0) is 27.6. The lowest BCUT2D eigenvalue weighted by Gasteiger charge is -2.34. The van der Waals surface area contributed by atoms with E-state index >= 15 is 4.39 Å². The van der Waals surface area contributed by atoms with Crippen molar-refractivity contribution in [2.45, 2.75) is 6.54 Å². The summed E-state index contributed by atoms with van der Waals surface area (Å²) in [6, 6.07) is 14.0. The first-order valence-electron chi connectivity index (χ1n) is 12.9. The van der Waals surface area contributed by atoms with E-state index in [2.05, 4.69) is 44.0 Å². The number of benzene rings is 1. The Hall–Kier alpha value is -4.97. The van der Waals surface area contributed by atoms with Gasteiger partial charge in [0.1, 0.15) is 16.9 Å². The van der Waals surface area contributed by atoms with Gasteiger partial charge in [0.25, 0.3) is 5.56 Å². The lowest BCUT2D eigenvalue weighted by atomic mass is 10.2. The molecule has 0 amide bonds. The van der Waals surface area contributed by atoms with Crippen molar-refractivity contribution in [2.75, 3.05) is 43.4 Å². The highest BCUT2D eigenvalue weighted by atomic mass is 19.1. The van der Waals surface area contributed by atoms with Gasteiger partial charge in [-0.15, -0.1) is 11.7 Å². The van der Waals surface area contributed by atoms with Crippen LogP contribution in [-0.2, 0) is 6.54 Å². The van der Waals surface area contributed by atoms with Crippen LogP contribution in [0.2, 0.25) is 0 Å². The van der Waals surface area contributed by atoms with Crippen molar-refractivity contribution in [3.63, 3.8) is 0 Å². The second kappa shape index (κ2) is 10.7. The van der Waals surface area contributed by atoms with Gasteiger partial charge in [-0.2, -0.15) is 10.1 Å². The molecule has 5 aromatic rings. The fourth-order valence-corrected chi connectivity index (χ4v) is 4.75. The Morgan fingerprint density at radius 2 is 1.88 bits per heavy atom. The Morgan fingerprint density at radius 3 is 2.62 bits per heavy atom. The van der Waals surface area contributed by atoms with E-state index < -0.39 is 0 Å². The predicted molar refractivity (Wildman–Crippen MR) is 152 cm³/mol. The van der Waals surface area contributed by atoms with Gasteiger partial charge < -0.3 is 15.1 Å². The molecule has 1 aromatic carbocycles. The minimum absolute atomic E-state index is 0.217. The molecule has 202 valence electrons. The molecule has 12 heteroatoms. The Labute approximate surface area is 229 Å². The highest BCUT2D eigenvalue weighted by Crippen LogP contribution is 2.26. The van der Waals surface area contributed by atoms with Gasteiger partial charge in [0.15, 0.2) is 11.5 Å². The van der Waals surface area contributed by atoms with Crippen molar-refractivity contribution in [1.29, 1.82) is 0 Å². The molecule has 0 saturated carbocycles. The summed E-state index contributed by atoms with van der Waals surface area (Å²) in [5, 5.41) is 11.5. The van der Waals surface area contributed by atoms with Gasteiger partial charge in [-0.1, -0.05) is 12.1 Å². The normalized spacial score (nSPS) is 14.0. The number of hydrogen-bond acceptors (Lipinski definition) is 9. The maximum absolute atomic E-state index is 15.1. The molecule has 4 aromatic heterocycles. The smallest absolute Gasteiger partial charge is 0.278 e. The molecule has 0 atom stereocenters. The summed E-state index contributed by atoms with van der Waals surface area (Å²) in [4.78, 5) is 31.3. The van der Waals surface area contributed by atoms with Gasteiger partial charge in [-0.3, -0.25) is 4.79 Å². The number of likely N-dealkylation sites (N-methyl/N-ethyl adjacent to an activating group) is 1. The average Bonchev–Trinajstić information content (AvgIpc) is 3.25. The standard InChI is InChI=1S/C28H27FN10O/c1-3-12-38-27(40)20-18-30-28(32-19-9-10-24(21(29)17-19)37-15-13-36(2)14-16-37)34-26(20)39(38)25-8-4-6-22(33-25)23-7-5-11-31-35-23/h3-11,17-18H,1,12-16H2,2H3,(H,30,32,34). The number of rotatable bonds is 7. The fourth-order valence-electron chi connectivity index (χ4n) is 4.75. The van der Waals surface area contributed by atoms with E-state index in [1.165, 1.54) is 16.9 Å². The summed E-state index contributed by atoms with van der Waals surface area (Å²) in [5.41, 5.74) is 2.32. The molecule has 11 nitrogen and oxygen atoms in total. The molecule has 6 rings (SSSR count). The average molecular weight is 539 g/mol. The minimum atomic E-state index is -0.324. The SMILES string of the molecule is C=CCn1c(=O)c2cnc(Nc3ccc(N4CCN(C)CC4)c(F)c3)nc2n1-c1cccc(-c2cccnn2)n1. The van der Waals surface area contributed by atoms with Crippen molar-refractivity contribution < 1.29 is 4.39 Å². The Kier molecular flexibility index (Phi) is 6.74. The molecule has 40 heavy (non-hydrogen) atoms. The molecule has 0 unspecified atom stereocenters. The number of allylic oxidation sites excluding steroid dienone is 1. The van der Waals surface area contributed by atoms with E-state index in [1.807, 2.05) is 23.1 Å². The third-order valence-corrected chi connectivity index (χ3v) is 6.81. The van der Waals surface area contributed by atoms with Crippen molar-refractivity contribution >= 4 is 28.4 Å². The van der Waals surface area contributed by atoms with E-state index in [9.17, 15) is 4.79 Å². The number of halogens is 1. The second-order valence-electron chi connectivity index (χ2n) is 9.49. The molecule has 0 radical (unpaired) electrons. The van der Waals surface area contributed by atoms with E-state index in [4.69, 9.17) is 4.98 Å². The van der Waals surface area contributed by atoms with Crippen molar-refractivity contribution in [1.82, 2.24) is 39.4 Å². The summed E-state index contributed by atoms with van der Waals surface area (Å²) >= 11 is 0. The Bertz CT molecular complexity index is 1740. The molecule has 1 N–H and O–H groups in total. The summed E-state index contributed by atoms with van der Waals surface area (Å²) in [6.45, 7) is 7.33. The number of piperazine rings is 1. The van der Waals surface area contributed by atoms with Gasteiger partial charge in [0.05, 0.1) is 17.9 Å². The number of aromatic nitrogens is 7. The lowest BCUT2D eigenvalue weighted by Crippen LogP contribution is -2.44. The largest absolute Gasteiger partial charge is 0.367 e. The number of nitrogens with one attached hydrogen (secondary N) is 1. The van der Waals surface area contributed by atoms with Crippen LogP contribution in [0.25, 0.3) is 28.2 Å². The summed E-state index contributed by atoms with van der Waals surface area (Å²) in [7, 11) is 2.06. The molecule has 0 spiro atoms. The van der Waals surface area contributed by atoms with Crippen molar-refractivity contribution in [2.24, 2.45) is 0 Å². The number of nitrogens with zero attached hydrogens (tertiary/aromatic N) is 9. The van der Waals surface area contributed by atoms with Gasteiger partial charge >= 0.3 is 0 Å². The van der Waals surface area contributed by atoms with Crippen LogP contribution in [0.3, 0.4) is 0 Å². The summed E-state index contributed by atoms with van der Waals surface area (Å²) in [5.74, 6) is 0.354. The number of pyridine rings is 1. The van der Waals surface area contributed by atoms with E-state index in [-0.39, 0.29) is 23.9 Å². The first-order valence-corrected chi connectivity index (χ1v) is 12.9. The maximum Gasteiger partial charge on any atom is 0.278 e. The van der Waals surface area contributed by atoms with Crippen LogP contribution in [0.15, 0.2) is 78.4 Å². The number of anilines is 3. The Morgan fingerprint density at radius 1 is 1.05 bits per heavy atom. The van der Waals surface area contributed by atoms with Gasteiger partial charge in [-0.05, 0) is 49.5 Å². The molecule has 0 aliphatic carbocycles. The third kappa shape index (κ3) is 4.80. The van der Waals surface area contributed by atoms with Crippen LogP contribution in [-0.4, -0.2) is 72.6 Å². The van der Waals surface area contributed by atoms with Gasteiger partial charge in [-0.25, -0.2) is 23.7 Å². The topological polar surface area (TPSA) is 110 Å². The number of fused-ring (bicyclic) bond motifs is 1. The Balaban J connectivity index is 1.37. The van der Waals surface area contributed by atoms with E-state index in [1.54, 1.807) is 41.2 Å². The fraction of sp³-hybridized carbons (Fsp3) is 0.214. The minimum Gasteiger partial charge on any atom is -0.367 e.